The van der Waals surface area contributed by atoms with Crippen LogP contribution >= 0.6 is 0 Å². The van der Waals surface area contributed by atoms with Gasteiger partial charge in [-0.05, 0) is 19.8 Å². The zero-order valence-corrected chi connectivity index (χ0v) is 11.1. The summed E-state index contributed by atoms with van der Waals surface area (Å²) in [5.74, 6) is 2.88. The Hall–Kier alpha value is -1.03. The van der Waals surface area contributed by atoms with Crippen molar-refractivity contribution in [1.29, 1.82) is 0 Å². The minimum atomic E-state index is 0.422. The van der Waals surface area contributed by atoms with E-state index in [1.807, 2.05) is 0 Å². The lowest BCUT2D eigenvalue weighted by atomic mass is 9.96. The highest BCUT2D eigenvalue weighted by Crippen LogP contribution is 2.32. The first-order valence-corrected chi connectivity index (χ1v) is 6.58. The largest absolute Gasteiger partial charge is 0.384 e. The van der Waals surface area contributed by atoms with E-state index in [0.717, 1.165) is 49.9 Å². The first-order valence-electron chi connectivity index (χ1n) is 6.58. The van der Waals surface area contributed by atoms with Crippen molar-refractivity contribution in [2.45, 2.75) is 52.0 Å². The molecule has 0 atom stereocenters. The Morgan fingerprint density at radius 3 is 2.53 bits per heavy atom. The van der Waals surface area contributed by atoms with Crippen molar-refractivity contribution in [3.05, 3.63) is 11.5 Å². The van der Waals surface area contributed by atoms with Crippen LogP contribution in [0.5, 0.6) is 0 Å². The van der Waals surface area contributed by atoms with Crippen LogP contribution < -0.4 is 5.73 Å². The molecule has 1 fully saturated rings. The van der Waals surface area contributed by atoms with Crippen molar-refractivity contribution < 1.29 is 4.74 Å². The molecule has 0 amide bonds. The number of imidazole rings is 1. The number of hydrogen-bond donors (Lipinski definition) is 1. The van der Waals surface area contributed by atoms with Crippen molar-refractivity contribution in [2.75, 3.05) is 18.9 Å². The lowest BCUT2D eigenvalue weighted by Crippen LogP contribution is -2.15. The average Bonchev–Trinajstić information content (AvgIpc) is 2.67. The maximum absolute atomic E-state index is 6.24. The van der Waals surface area contributed by atoms with Gasteiger partial charge in [0.25, 0.3) is 0 Å². The van der Waals surface area contributed by atoms with Gasteiger partial charge in [-0.1, -0.05) is 13.8 Å². The minimum absolute atomic E-state index is 0.422. The number of ether oxygens (including phenoxy) is 1. The average molecular weight is 237 g/mol. The quantitative estimate of drug-likeness (QED) is 0.878. The lowest BCUT2D eigenvalue weighted by Gasteiger charge is -2.20. The predicted octanol–water partition coefficient (Wildman–Crippen LogP) is 2.50. The summed E-state index contributed by atoms with van der Waals surface area (Å²) < 4.78 is 7.54. The normalized spacial score (nSPS) is 17.9. The van der Waals surface area contributed by atoms with Crippen LogP contribution in [0, 0.1) is 0 Å². The number of hydrogen-bond acceptors (Lipinski definition) is 3. The molecule has 2 heterocycles. The number of nitrogens with two attached hydrogens (primary N) is 1. The molecular weight excluding hydrogens is 214 g/mol. The van der Waals surface area contributed by atoms with Crippen molar-refractivity contribution in [3.63, 3.8) is 0 Å². The topological polar surface area (TPSA) is 53.1 Å². The van der Waals surface area contributed by atoms with Crippen LogP contribution in [-0.2, 0) is 11.3 Å². The highest BCUT2D eigenvalue weighted by molar-refractivity contribution is 5.41. The lowest BCUT2D eigenvalue weighted by molar-refractivity contribution is 0.0847. The summed E-state index contributed by atoms with van der Waals surface area (Å²) in [6, 6.07) is 0. The summed E-state index contributed by atoms with van der Waals surface area (Å²) in [5, 5.41) is 0. The second-order valence-corrected chi connectivity index (χ2v) is 5.03. The fraction of sp³-hybridized carbons (Fsp3) is 0.769. The van der Waals surface area contributed by atoms with Crippen LogP contribution in [0.15, 0.2) is 0 Å². The molecule has 1 aliphatic rings. The van der Waals surface area contributed by atoms with E-state index >= 15 is 0 Å². The van der Waals surface area contributed by atoms with Gasteiger partial charge < -0.3 is 15.0 Å². The van der Waals surface area contributed by atoms with Crippen molar-refractivity contribution in [1.82, 2.24) is 9.55 Å². The van der Waals surface area contributed by atoms with E-state index in [2.05, 4.69) is 25.3 Å². The monoisotopic (exact) mass is 237 g/mol. The SMILES string of the molecule is CCn1c(C(C)C)nc(C2CCOCC2)c1N. The molecule has 2 N–H and O–H groups in total. The molecular formula is C13H23N3O. The van der Waals surface area contributed by atoms with Crippen molar-refractivity contribution in [2.24, 2.45) is 0 Å². The number of nitrogens with zero attached hydrogens (tertiary/aromatic N) is 2. The number of rotatable bonds is 3. The third-order valence-electron chi connectivity index (χ3n) is 3.51. The molecule has 0 bridgehead atoms. The number of anilines is 1. The maximum atomic E-state index is 6.24. The molecule has 1 aromatic rings. The molecule has 17 heavy (non-hydrogen) atoms. The Morgan fingerprint density at radius 2 is 2.06 bits per heavy atom. The van der Waals surface area contributed by atoms with Gasteiger partial charge >= 0.3 is 0 Å². The van der Waals surface area contributed by atoms with Gasteiger partial charge in [0, 0.05) is 31.6 Å². The van der Waals surface area contributed by atoms with E-state index in [1.54, 1.807) is 0 Å². The van der Waals surface area contributed by atoms with Gasteiger partial charge in [0.15, 0.2) is 0 Å². The van der Waals surface area contributed by atoms with E-state index in [0.29, 0.717) is 11.8 Å². The second-order valence-electron chi connectivity index (χ2n) is 5.03. The summed E-state index contributed by atoms with van der Waals surface area (Å²) in [6.45, 7) is 9.02. The van der Waals surface area contributed by atoms with E-state index in [-0.39, 0.29) is 0 Å². The van der Waals surface area contributed by atoms with E-state index in [4.69, 9.17) is 15.5 Å². The smallest absolute Gasteiger partial charge is 0.127 e. The third kappa shape index (κ3) is 2.32. The summed E-state index contributed by atoms with van der Waals surface area (Å²) in [5.41, 5.74) is 7.34. The van der Waals surface area contributed by atoms with Crippen molar-refractivity contribution in [3.8, 4) is 0 Å². The van der Waals surface area contributed by atoms with Gasteiger partial charge in [0.2, 0.25) is 0 Å². The Balaban J connectivity index is 2.33. The second kappa shape index (κ2) is 5.08. The molecule has 1 aliphatic heterocycles. The Morgan fingerprint density at radius 1 is 1.41 bits per heavy atom. The van der Waals surface area contributed by atoms with E-state index in [1.165, 1.54) is 0 Å². The van der Waals surface area contributed by atoms with Gasteiger partial charge in [0.05, 0.1) is 5.69 Å². The van der Waals surface area contributed by atoms with Gasteiger partial charge in [-0.15, -0.1) is 0 Å². The summed E-state index contributed by atoms with van der Waals surface area (Å²) in [7, 11) is 0. The van der Waals surface area contributed by atoms with Gasteiger partial charge in [-0.2, -0.15) is 0 Å². The highest BCUT2D eigenvalue weighted by Gasteiger charge is 2.24. The van der Waals surface area contributed by atoms with Gasteiger partial charge in [0.1, 0.15) is 11.6 Å². The zero-order chi connectivity index (χ0) is 12.4. The molecule has 0 spiro atoms. The highest BCUT2D eigenvalue weighted by atomic mass is 16.5. The minimum Gasteiger partial charge on any atom is -0.384 e. The zero-order valence-electron chi connectivity index (χ0n) is 11.1. The van der Waals surface area contributed by atoms with Gasteiger partial charge in [-0.3, -0.25) is 0 Å². The summed E-state index contributed by atoms with van der Waals surface area (Å²) in [4.78, 5) is 4.79. The number of nitrogen functional groups attached to an aromatic ring is 1. The Bertz CT molecular complexity index is 378. The van der Waals surface area contributed by atoms with Crippen LogP contribution in [0.25, 0.3) is 0 Å². The van der Waals surface area contributed by atoms with Gasteiger partial charge in [-0.25, -0.2) is 4.98 Å². The molecule has 1 aromatic heterocycles. The summed E-state index contributed by atoms with van der Waals surface area (Å²) in [6.07, 6.45) is 2.09. The Kier molecular flexibility index (Phi) is 3.72. The molecule has 0 aromatic carbocycles. The van der Waals surface area contributed by atoms with E-state index in [9.17, 15) is 0 Å². The van der Waals surface area contributed by atoms with Crippen LogP contribution in [0.4, 0.5) is 5.82 Å². The van der Waals surface area contributed by atoms with E-state index < -0.39 is 0 Å². The molecule has 96 valence electrons. The molecule has 4 nitrogen and oxygen atoms in total. The van der Waals surface area contributed by atoms with Crippen LogP contribution in [0.2, 0.25) is 0 Å². The van der Waals surface area contributed by atoms with Crippen LogP contribution in [0.1, 0.15) is 57.0 Å². The number of aromatic nitrogens is 2. The standard InChI is InChI=1S/C13H23N3O/c1-4-16-12(14)11(15-13(16)9(2)3)10-5-7-17-8-6-10/h9-10H,4-8,14H2,1-3H3. The third-order valence-corrected chi connectivity index (χ3v) is 3.51. The molecule has 0 saturated carbocycles. The fourth-order valence-corrected chi connectivity index (χ4v) is 2.55. The van der Waals surface area contributed by atoms with Crippen LogP contribution in [0.3, 0.4) is 0 Å². The van der Waals surface area contributed by atoms with Crippen LogP contribution in [-0.4, -0.2) is 22.8 Å². The van der Waals surface area contributed by atoms with Crippen molar-refractivity contribution >= 4 is 5.82 Å². The maximum Gasteiger partial charge on any atom is 0.127 e. The summed E-state index contributed by atoms with van der Waals surface area (Å²) >= 11 is 0. The predicted molar refractivity (Wildman–Crippen MR) is 69.2 cm³/mol. The molecule has 0 aliphatic carbocycles. The first-order chi connectivity index (χ1) is 8.15. The molecule has 0 unspecified atom stereocenters. The molecule has 4 heteroatoms. The Labute approximate surface area is 103 Å². The molecule has 0 radical (unpaired) electrons. The first kappa shape index (κ1) is 12.4. The fourth-order valence-electron chi connectivity index (χ4n) is 2.55. The molecule has 1 saturated heterocycles. The molecule has 2 rings (SSSR count).